The van der Waals surface area contributed by atoms with Gasteiger partial charge in [0.25, 0.3) is 0 Å². The van der Waals surface area contributed by atoms with Gasteiger partial charge in [0.2, 0.25) is 10.0 Å². The van der Waals surface area contributed by atoms with Gasteiger partial charge in [0.1, 0.15) is 10.5 Å². The Morgan fingerprint density at radius 2 is 1.86 bits per heavy atom. The second-order valence-electron chi connectivity index (χ2n) is 7.48. The van der Waals surface area contributed by atoms with Gasteiger partial charge < -0.3 is 4.74 Å². The van der Waals surface area contributed by atoms with E-state index in [1.54, 1.807) is 29.3 Å². The summed E-state index contributed by atoms with van der Waals surface area (Å²) in [7, 11) is -2.08. The minimum atomic E-state index is -3.66. The zero-order valence-corrected chi connectivity index (χ0v) is 18.2. The van der Waals surface area contributed by atoms with Gasteiger partial charge in [-0.3, -0.25) is 4.31 Å². The van der Waals surface area contributed by atoms with Crippen LogP contribution < -0.4 is 4.31 Å². The Hall–Kier alpha value is -2.18. The van der Waals surface area contributed by atoms with Gasteiger partial charge in [0.05, 0.1) is 12.8 Å². The molecule has 1 heterocycles. The number of para-hydroxylation sites is 1. The highest BCUT2D eigenvalue weighted by molar-refractivity contribution is 7.99. The molecule has 4 nitrogen and oxygen atoms in total. The van der Waals surface area contributed by atoms with Crippen molar-refractivity contribution in [3.8, 4) is 0 Å². The second kappa shape index (κ2) is 7.92. The van der Waals surface area contributed by atoms with Crippen LogP contribution in [0.2, 0.25) is 0 Å². The molecule has 1 aliphatic heterocycles. The number of hydrogen-bond donors (Lipinski definition) is 0. The van der Waals surface area contributed by atoms with Crippen LogP contribution in [0.5, 0.6) is 0 Å². The number of hydrogen-bond acceptors (Lipinski definition) is 4. The van der Waals surface area contributed by atoms with E-state index in [4.69, 9.17) is 4.74 Å². The van der Waals surface area contributed by atoms with E-state index in [0.717, 1.165) is 22.6 Å². The molecule has 0 saturated heterocycles. The summed E-state index contributed by atoms with van der Waals surface area (Å²) in [6, 6.07) is 17.9. The summed E-state index contributed by atoms with van der Waals surface area (Å²) in [5.74, 6) is 1.08. The molecular formula is C23H25NO3S2. The largest absolute Gasteiger partial charge is 0.497 e. The van der Waals surface area contributed by atoms with Crippen LogP contribution in [0.3, 0.4) is 0 Å². The topological polar surface area (TPSA) is 46.6 Å². The lowest BCUT2D eigenvalue weighted by Gasteiger charge is -2.39. The number of thioether (sulfide) groups is 1. The fourth-order valence-corrected chi connectivity index (χ4v) is 7.29. The average Bonchev–Trinajstić information content (AvgIpc) is 3.18. The van der Waals surface area contributed by atoms with Crippen molar-refractivity contribution in [3.05, 3.63) is 84.1 Å². The lowest BCUT2D eigenvalue weighted by atomic mass is 9.90. The van der Waals surface area contributed by atoms with Crippen LogP contribution in [0.15, 0.2) is 83.5 Å². The number of anilines is 1. The van der Waals surface area contributed by atoms with E-state index in [1.165, 1.54) is 0 Å². The fourth-order valence-electron chi connectivity index (χ4n) is 3.95. The van der Waals surface area contributed by atoms with Crippen LogP contribution in [0.1, 0.15) is 12.5 Å². The van der Waals surface area contributed by atoms with E-state index >= 15 is 0 Å². The van der Waals surface area contributed by atoms with Gasteiger partial charge in [-0.2, -0.15) is 0 Å². The number of methoxy groups -OCH3 is 1. The smallest absolute Gasteiger partial charge is 0.245 e. The SMILES string of the molecule is COC1=CC(C)(S(=O)(=O)N2CCc3ccccc32)C(CSc2ccccc2)C=C1. The molecule has 2 atom stereocenters. The first kappa shape index (κ1) is 20.1. The van der Waals surface area contributed by atoms with Gasteiger partial charge in [-0.1, -0.05) is 42.5 Å². The predicted molar refractivity (Wildman–Crippen MR) is 120 cm³/mol. The molecule has 2 unspecified atom stereocenters. The molecule has 0 saturated carbocycles. The Labute approximate surface area is 177 Å². The number of fused-ring (bicyclic) bond motifs is 1. The van der Waals surface area contributed by atoms with Gasteiger partial charge in [-0.25, -0.2) is 8.42 Å². The van der Waals surface area contributed by atoms with Crippen molar-refractivity contribution in [1.29, 1.82) is 0 Å². The van der Waals surface area contributed by atoms with Crippen molar-refractivity contribution in [2.75, 3.05) is 23.7 Å². The van der Waals surface area contributed by atoms with Gasteiger partial charge in [0.15, 0.2) is 0 Å². The molecule has 2 aromatic rings. The molecule has 152 valence electrons. The Bertz CT molecular complexity index is 1050. The van der Waals surface area contributed by atoms with E-state index in [-0.39, 0.29) is 5.92 Å². The lowest BCUT2D eigenvalue weighted by molar-refractivity contribution is 0.298. The molecule has 6 heteroatoms. The summed E-state index contributed by atoms with van der Waals surface area (Å²) in [5.41, 5.74) is 1.88. The summed E-state index contributed by atoms with van der Waals surface area (Å²) in [6.45, 7) is 2.30. The first-order chi connectivity index (χ1) is 14.0. The standard InChI is InChI=1S/C23H25NO3S2/c1-23(29(25,26)24-15-14-18-8-6-7-11-22(18)24)16-20(27-2)13-12-19(23)17-28-21-9-4-3-5-10-21/h3-13,16,19H,14-15,17H2,1-2H3. The summed E-state index contributed by atoms with van der Waals surface area (Å²) < 4.78 is 33.8. The van der Waals surface area contributed by atoms with Crippen molar-refractivity contribution in [2.24, 2.45) is 5.92 Å². The number of rotatable bonds is 6. The third-order valence-electron chi connectivity index (χ3n) is 5.76. The third kappa shape index (κ3) is 3.60. The van der Waals surface area contributed by atoms with Gasteiger partial charge >= 0.3 is 0 Å². The molecule has 0 amide bonds. The maximum atomic E-state index is 13.9. The maximum Gasteiger partial charge on any atom is 0.245 e. The van der Waals surface area contributed by atoms with Crippen molar-refractivity contribution in [1.82, 2.24) is 0 Å². The fraction of sp³-hybridized carbons (Fsp3) is 0.304. The van der Waals surface area contributed by atoms with Crippen molar-refractivity contribution < 1.29 is 13.2 Å². The Balaban J connectivity index is 1.68. The lowest BCUT2D eigenvalue weighted by Crippen LogP contribution is -2.51. The van der Waals surface area contributed by atoms with Crippen LogP contribution in [0.25, 0.3) is 0 Å². The van der Waals surface area contributed by atoms with Crippen LogP contribution in [-0.4, -0.2) is 32.6 Å². The minimum Gasteiger partial charge on any atom is -0.497 e. The molecule has 0 spiro atoms. The summed E-state index contributed by atoms with van der Waals surface area (Å²) in [4.78, 5) is 1.13. The van der Waals surface area contributed by atoms with E-state index < -0.39 is 14.8 Å². The third-order valence-corrected chi connectivity index (χ3v) is 9.38. The molecule has 0 bridgehead atoms. The molecular weight excluding hydrogens is 402 g/mol. The van der Waals surface area contributed by atoms with Crippen molar-refractivity contribution in [3.63, 3.8) is 0 Å². The van der Waals surface area contributed by atoms with Gasteiger partial charge in [0, 0.05) is 23.1 Å². The number of ether oxygens (including phenoxy) is 1. The summed E-state index contributed by atoms with van der Waals surface area (Å²) in [5, 5.41) is 0. The summed E-state index contributed by atoms with van der Waals surface area (Å²) >= 11 is 1.68. The zero-order valence-electron chi connectivity index (χ0n) is 16.6. The zero-order chi connectivity index (χ0) is 20.5. The van der Waals surface area contributed by atoms with Crippen LogP contribution in [0.4, 0.5) is 5.69 Å². The molecule has 0 aromatic heterocycles. The van der Waals surface area contributed by atoms with Gasteiger partial charge in [-0.05, 0) is 49.3 Å². The van der Waals surface area contributed by atoms with E-state index in [0.29, 0.717) is 18.1 Å². The molecule has 29 heavy (non-hydrogen) atoms. The first-order valence-corrected chi connectivity index (χ1v) is 12.1. The van der Waals surface area contributed by atoms with Crippen LogP contribution >= 0.6 is 11.8 Å². The molecule has 0 fully saturated rings. The van der Waals surface area contributed by atoms with Crippen molar-refractivity contribution in [2.45, 2.75) is 23.0 Å². The normalized spacial score (nSPS) is 23.6. The van der Waals surface area contributed by atoms with E-state index in [9.17, 15) is 8.42 Å². The first-order valence-electron chi connectivity index (χ1n) is 9.69. The molecule has 0 radical (unpaired) electrons. The monoisotopic (exact) mass is 427 g/mol. The molecule has 2 aliphatic rings. The van der Waals surface area contributed by atoms with Crippen LogP contribution in [-0.2, 0) is 21.2 Å². The summed E-state index contributed by atoms with van der Waals surface area (Å²) in [6.07, 6.45) is 6.38. The van der Waals surface area contributed by atoms with E-state index in [2.05, 4.69) is 12.1 Å². The maximum absolute atomic E-state index is 13.9. The predicted octanol–water partition coefficient (Wildman–Crippen LogP) is 4.65. The minimum absolute atomic E-state index is 0.177. The van der Waals surface area contributed by atoms with Crippen LogP contribution in [0, 0.1) is 5.92 Å². The highest BCUT2D eigenvalue weighted by Gasteiger charge is 2.49. The Morgan fingerprint density at radius 3 is 2.62 bits per heavy atom. The number of sulfonamides is 1. The highest BCUT2D eigenvalue weighted by atomic mass is 32.2. The molecule has 2 aromatic carbocycles. The van der Waals surface area contributed by atoms with E-state index in [1.807, 2.05) is 61.5 Å². The number of nitrogens with zero attached hydrogens (tertiary/aromatic N) is 1. The Morgan fingerprint density at radius 1 is 1.14 bits per heavy atom. The molecule has 1 aliphatic carbocycles. The molecule has 0 N–H and O–H groups in total. The van der Waals surface area contributed by atoms with Gasteiger partial charge in [-0.15, -0.1) is 11.8 Å². The highest BCUT2D eigenvalue weighted by Crippen LogP contribution is 2.42. The Kier molecular flexibility index (Phi) is 5.49. The van der Waals surface area contributed by atoms with Crippen molar-refractivity contribution >= 4 is 27.5 Å². The number of allylic oxidation sites excluding steroid dienone is 2. The quantitative estimate of drug-likeness (QED) is 0.630. The number of benzene rings is 2. The average molecular weight is 428 g/mol. The molecule has 4 rings (SSSR count). The second-order valence-corrected chi connectivity index (χ2v) is 10.8.